The molecule has 0 heterocycles. The van der Waals surface area contributed by atoms with Crippen molar-refractivity contribution >= 4 is 39.8 Å². The minimum absolute atomic E-state index is 0.139. The van der Waals surface area contributed by atoms with Crippen molar-refractivity contribution in [2.45, 2.75) is 11.8 Å². The standard InChI is InChI=1S/C17H17BrN2O2S/c1-12-3-6-14(7-4-12)23-11-17(21)20-19-10-13-5-8-16(22-2)15(18)9-13/h3-10H,11H2,1-2H3,(H,20,21)/b19-10+. The van der Waals surface area contributed by atoms with Gasteiger partial charge in [-0.25, -0.2) is 5.43 Å². The first-order valence-corrected chi connectivity index (χ1v) is 8.71. The Morgan fingerprint density at radius 3 is 2.70 bits per heavy atom. The fourth-order valence-corrected chi connectivity index (χ4v) is 3.01. The zero-order chi connectivity index (χ0) is 16.7. The van der Waals surface area contributed by atoms with Gasteiger partial charge in [0.2, 0.25) is 5.91 Å². The van der Waals surface area contributed by atoms with E-state index in [1.54, 1.807) is 13.3 Å². The number of methoxy groups -OCH3 is 1. The zero-order valence-electron chi connectivity index (χ0n) is 12.9. The predicted octanol–water partition coefficient (Wildman–Crippen LogP) is 4.01. The summed E-state index contributed by atoms with van der Waals surface area (Å²) in [5.74, 6) is 0.937. The van der Waals surface area contributed by atoms with E-state index in [0.717, 1.165) is 20.7 Å². The number of amides is 1. The van der Waals surface area contributed by atoms with E-state index in [0.29, 0.717) is 5.75 Å². The van der Waals surface area contributed by atoms with E-state index < -0.39 is 0 Å². The van der Waals surface area contributed by atoms with Gasteiger partial charge in [0.1, 0.15) is 5.75 Å². The summed E-state index contributed by atoms with van der Waals surface area (Å²) >= 11 is 4.89. The third-order valence-corrected chi connectivity index (χ3v) is 4.60. The molecule has 0 aliphatic carbocycles. The fraction of sp³-hybridized carbons (Fsp3) is 0.176. The first-order chi connectivity index (χ1) is 11.1. The van der Waals surface area contributed by atoms with Crippen LogP contribution >= 0.6 is 27.7 Å². The van der Waals surface area contributed by atoms with Gasteiger partial charge in [0.05, 0.1) is 23.5 Å². The summed E-state index contributed by atoms with van der Waals surface area (Å²) in [6, 6.07) is 13.6. The van der Waals surface area contributed by atoms with Crippen LogP contribution in [0.15, 0.2) is 56.9 Å². The molecular formula is C17H17BrN2O2S. The second kappa shape index (κ2) is 8.74. The van der Waals surface area contributed by atoms with E-state index in [2.05, 4.69) is 26.5 Å². The molecule has 0 aliphatic heterocycles. The van der Waals surface area contributed by atoms with Crippen LogP contribution in [-0.2, 0) is 4.79 Å². The lowest BCUT2D eigenvalue weighted by Crippen LogP contribution is -2.19. The molecule has 0 bridgehead atoms. The number of thioether (sulfide) groups is 1. The lowest BCUT2D eigenvalue weighted by atomic mass is 10.2. The average Bonchev–Trinajstić information content (AvgIpc) is 2.54. The summed E-state index contributed by atoms with van der Waals surface area (Å²) < 4.78 is 6.00. The molecule has 0 spiro atoms. The van der Waals surface area contributed by atoms with Crippen molar-refractivity contribution in [3.8, 4) is 5.75 Å². The lowest BCUT2D eigenvalue weighted by molar-refractivity contribution is -0.118. The molecule has 2 aromatic rings. The normalized spacial score (nSPS) is 10.7. The van der Waals surface area contributed by atoms with E-state index in [9.17, 15) is 4.79 Å². The van der Waals surface area contributed by atoms with E-state index >= 15 is 0 Å². The van der Waals surface area contributed by atoms with Crippen LogP contribution in [0, 0.1) is 6.92 Å². The van der Waals surface area contributed by atoms with Crippen molar-refractivity contribution in [1.82, 2.24) is 5.43 Å². The first kappa shape index (κ1) is 17.6. The number of rotatable bonds is 6. The van der Waals surface area contributed by atoms with Gasteiger partial charge in [0.25, 0.3) is 0 Å². The van der Waals surface area contributed by atoms with Gasteiger partial charge in [-0.15, -0.1) is 11.8 Å². The van der Waals surface area contributed by atoms with E-state index in [1.165, 1.54) is 17.3 Å². The van der Waals surface area contributed by atoms with Crippen LogP contribution in [0.2, 0.25) is 0 Å². The van der Waals surface area contributed by atoms with Crippen molar-refractivity contribution < 1.29 is 9.53 Å². The fourth-order valence-electron chi connectivity index (χ4n) is 1.76. The summed E-state index contributed by atoms with van der Waals surface area (Å²) in [5, 5.41) is 3.97. The van der Waals surface area contributed by atoms with Crippen LogP contribution in [-0.4, -0.2) is 25.0 Å². The highest BCUT2D eigenvalue weighted by Crippen LogP contribution is 2.24. The third kappa shape index (κ3) is 5.73. The average molecular weight is 393 g/mol. The van der Waals surface area contributed by atoms with Crippen molar-refractivity contribution in [2.75, 3.05) is 12.9 Å². The van der Waals surface area contributed by atoms with Crippen LogP contribution in [0.25, 0.3) is 0 Å². The molecule has 1 amide bonds. The topological polar surface area (TPSA) is 50.7 Å². The highest BCUT2D eigenvalue weighted by molar-refractivity contribution is 9.10. The van der Waals surface area contributed by atoms with Gasteiger partial charge in [-0.2, -0.15) is 5.10 Å². The van der Waals surface area contributed by atoms with E-state index in [1.807, 2.05) is 49.4 Å². The highest BCUT2D eigenvalue weighted by atomic mass is 79.9. The molecule has 0 aromatic heterocycles. The van der Waals surface area contributed by atoms with Crippen LogP contribution in [0.3, 0.4) is 0 Å². The number of nitrogens with zero attached hydrogens (tertiary/aromatic N) is 1. The number of aryl methyl sites for hydroxylation is 1. The number of nitrogens with one attached hydrogen (secondary N) is 1. The summed E-state index contributed by atoms with van der Waals surface area (Å²) in [5.41, 5.74) is 4.59. The Balaban J connectivity index is 1.81. The number of ether oxygens (including phenoxy) is 1. The minimum atomic E-state index is -0.139. The molecule has 2 rings (SSSR count). The second-order valence-electron chi connectivity index (χ2n) is 4.79. The molecule has 1 N–H and O–H groups in total. The summed E-state index contributed by atoms with van der Waals surface area (Å²) in [4.78, 5) is 12.8. The Bertz CT molecular complexity index is 702. The largest absolute Gasteiger partial charge is 0.496 e. The van der Waals surface area contributed by atoms with Crippen molar-refractivity contribution in [3.63, 3.8) is 0 Å². The maximum atomic E-state index is 11.8. The van der Waals surface area contributed by atoms with Gasteiger partial charge < -0.3 is 4.74 Å². The number of benzene rings is 2. The van der Waals surface area contributed by atoms with Crippen molar-refractivity contribution in [1.29, 1.82) is 0 Å². The Labute approximate surface area is 148 Å². The number of halogens is 1. The number of hydrogen-bond donors (Lipinski definition) is 1. The smallest absolute Gasteiger partial charge is 0.250 e. The number of carbonyl (C=O) groups is 1. The minimum Gasteiger partial charge on any atom is -0.496 e. The Morgan fingerprint density at radius 1 is 1.30 bits per heavy atom. The molecular weight excluding hydrogens is 376 g/mol. The van der Waals surface area contributed by atoms with E-state index in [4.69, 9.17) is 4.74 Å². The molecule has 0 saturated heterocycles. The molecule has 6 heteroatoms. The Hall–Kier alpha value is -1.79. The van der Waals surface area contributed by atoms with Crippen LogP contribution in [0.5, 0.6) is 5.75 Å². The molecule has 0 aliphatic rings. The maximum Gasteiger partial charge on any atom is 0.250 e. The van der Waals surface area contributed by atoms with Crippen LogP contribution in [0.1, 0.15) is 11.1 Å². The van der Waals surface area contributed by atoms with E-state index in [-0.39, 0.29) is 5.91 Å². The van der Waals surface area contributed by atoms with Gasteiger partial charge in [-0.1, -0.05) is 17.7 Å². The Morgan fingerprint density at radius 2 is 2.04 bits per heavy atom. The van der Waals surface area contributed by atoms with Crippen molar-refractivity contribution in [3.05, 3.63) is 58.1 Å². The molecule has 0 saturated carbocycles. The summed E-state index contributed by atoms with van der Waals surface area (Å²) in [7, 11) is 1.61. The number of hydrazone groups is 1. The van der Waals surface area contributed by atoms with Crippen LogP contribution in [0.4, 0.5) is 0 Å². The zero-order valence-corrected chi connectivity index (χ0v) is 15.3. The van der Waals surface area contributed by atoms with Gasteiger partial charge in [0, 0.05) is 4.90 Å². The molecule has 0 radical (unpaired) electrons. The molecule has 0 fully saturated rings. The van der Waals surface area contributed by atoms with Gasteiger partial charge >= 0.3 is 0 Å². The summed E-state index contributed by atoms with van der Waals surface area (Å²) in [6.45, 7) is 2.04. The van der Waals surface area contributed by atoms with Crippen molar-refractivity contribution in [2.24, 2.45) is 5.10 Å². The molecule has 120 valence electrons. The monoisotopic (exact) mass is 392 g/mol. The van der Waals surface area contributed by atoms with Gasteiger partial charge in [0.15, 0.2) is 0 Å². The lowest BCUT2D eigenvalue weighted by Gasteiger charge is -2.03. The molecule has 0 unspecified atom stereocenters. The quantitative estimate of drug-likeness (QED) is 0.459. The Kier molecular flexibility index (Phi) is 6.67. The molecule has 0 atom stereocenters. The number of carbonyl (C=O) groups excluding carboxylic acids is 1. The highest BCUT2D eigenvalue weighted by Gasteiger charge is 2.02. The second-order valence-corrected chi connectivity index (χ2v) is 6.69. The third-order valence-electron chi connectivity index (χ3n) is 2.97. The number of hydrogen-bond acceptors (Lipinski definition) is 4. The summed E-state index contributed by atoms with van der Waals surface area (Å²) in [6.07, 6.45) is 1.60. The van der Waals surface area contributed by atoms with Gasteiger partial charge in [-0.3, -0.25) is 4.79 Å². The first-order valence-electron chi connectivity index (χ1n) is 6.93. The van der Waals surface area contributed by atoms with Crippen LogP contribution < -0.4 is 10.2 Å². The molecule has 2 aromatic carbocycles. The molecule has 4 nitrogen and oxygen atoms in total. The van der Waals surface area contributed by atoms with Gasteiger partial charge in [-0.05, 0) is 58.7 Å². The predicted molar refractivity (Wildman–Crippen MR) is 98.3 cm³/mol. The molecule has 23 heavy (non-hydrogen) atoms. The maximum absolute atomic E-state index is 11.8. The SMILES string of the molecule is COc1ccc(/C=N/NC(=O)CSc2ccc(C)cc2)cc1Br.